The van der Waals surface area contributed by atoms with E-state index in [0.29, 0.717) is 19.5 Å². The van der Waals surface area contributed by atoms with Crippen molar-refractivity contribution < 1.29 is 9.53 Å². The summed E-state index contributed by atoms with van der Waals surface area (Å²) in [7, 11) is 0. The lowest BCUT2D eigenvalue weighted by molar-refractivity contribution is -0.139. The number of ether oxygens (including phenoxy) is 1. The van der Waals surface area contributed by atoms with Crippen LogP contribution in [0.4, 0.5) is 5.95 Å². The lowest BCUT2D eigenvalue weighted by Gasteiger charge is -2.36. The smallest absolute Gasteiger partial charge is 0.263 e. The number of nitrogens with zero attached hydrogens (tertiary/aromatic N) is 4. The maximum absolute atomic E-state index is 12.8. The highest BCUT2D eigenvalue weighted by Crippen LogP contribution is 2.20. The molecular weight excluding hydrogens is 316 g/mol. The van der Waals surface area contributed by atoms with Gasteiger partial charge < -0.3 is 14.5 Å². The fourth-order valence-electron chi connectivity index (χ4n) is 2.94. The monoisotopic (exact) mass is 340 g/mol. The quantitative estimate of drug-likeness (QED) is 0.836. The minimum atomic E-state index is -0.444. The number of benzene rings is 1. The van der Waals surface area contributed by atoms with Gasteiger partial charge in [0.25, 0.3) is 5.91 Å². The molecule has 1 aromatic heterocycles. The van der Waals surface area contributed by atoms with Crippen LogP contribution in [-0.2, 0) is 4.79 Å². The average Bonchev–Trinajstić information content (AvgIpc) is 2.68. The zero-order valence-electron chi connectivity index (χ0n) is 14.8. The first-order chi connectivity index (χ1) is 12.2. The summed E-state index contributed by atoms with van der Waals surface area (Å²) in [6, 6.07) is 9.60. The number of amides is 1. The Labute approximate surface area is 148 Å². The van der Waals surface area contributed by atoms with Crippen molar-refractivity contribution in [2.75, 3.05) is 31.1 Å². The summed E-state index contributed by atoms with van der Waals surface area (Å²) in [5.41, 5.74) is 1.04. The van der Waals surface area contributed by atoms with Gasteiger partial charge in [-0.05, 0) is 31.0 Å². The largest absolute Gasteiger partial charge is 0.480 e. The van der Waals surface area contributed by atoms with E-state index in [0.717, 1.165) is 30.4 Å². The minimum Gasteiger partial charge on any atom is -0.480 e. The number of anilines is 1. The standard InChI is InChI=1S/C19H24N4O2/c1-3-16(25-17-8-5-4-7-15(17)2)18(24)22-11-13-23(14-12-22)19-20-9-6-10-21-19/h4-10,16H,3,11-14H2,1-2H3/t16-/m1/s1. The van der Waals surface area contributed by atoms with Crippen LogP contribution in [0.1, 0.15) is 18.9 Å². The Morgan fingerprint density at radius 2 is 1.80 bits per heavy atom. The number of carbonyl (C=O) groups excluding carboxylic acids is 1. The van der Waals surface area contributed by atoms with Crippen LogP contribution in [0.25, 0.3) is 0 Å². The summed E-state index contributed by atoms with van der Waals surface area (Å²) >= 11 is 0. The van der Waals surface area contributed by atoms with E-state index >= 15 is 0 Å². The van der Waals surface area contributed by atoms with Crippen molar-refractivity contribution >= 4 is 11.9 Å². The molecule has 1 aliphatic rings. The molecule has 2 heterocycles. The second-order valence-electron chi connectivity index (χ2n) is 6.14. The summed E-state index contributed by atoms with van der Waals surface area (Å²) in [4.78, 5) is 25.4. The van der Waals surface area contributed by atoms with Crippen LogP contribution in [0, 0.1) is 6.92 Å². The number of hydrogen-bond acceptors (Lipinski definition) is 5. The molecule has 2 aromatic rings. The Morgan fingerprint density at radius 1 is 1.12 bits per heavy atom. The molecule has 0 radical (unpaired) electrons. The molecule has 1 saturated heterocycles. The third-order valence-corrected chi connectivity index (χ3v) is 4.44. The third-order valence-electron chi connectivity index (χ3n) is 4.44. The van der Waals surface area contributed by atoms with Gasteiger partial charge in [0.15, 0.2) is 6.10 Å². The van der Waals surface area contributed by atoms with E-state index < -0.39 is 6.10 Å². The van der Waals surface area contributed by atoms with Gasteiger partial charge in [0.1, 0.15) is 5.75 Å². The van der Waals surface area contributed by atoms with Gasteiger partial charge in [-0.2, -0.15) is 0 Å². The number of aromatic nitrogens is 2. The van der Waals surface area contributed by atoms with Crippen molar-refractivity contribution in [1.82, 2.24) is 14.9 Å². The van der Waals surface area contributed by atoms with Gasteiger partial charge in [0.05, 0.1) is 0 Å². The summed E-state index contributed by atoms with van der Waals surface area (Å²) in [6.07, 6.45) is 3.68. The van der Waals surface area contributed by atoms with Crippen LogP contribution in [-0.4, -0.2) is 53.1 Å². The highest BCUT2D eigenvalue weighted by atomic mass is 16.5. The maximum Gasteiger partial charge on any atom is 0.263 e. The van der Waals surface area contributed by atoms with E-state index in [1.165, 1.54) is 0 Å². The number of rotatable bonds is 5. The van der Waals surface area contributed by atoms with Crippen LogP contribution in [0.15, 0.2) is 42.7 Å². The number of aryl methyl sites for hydroxylation is 1. The van der Waals surface area contributed by atoms with Crippen molar-refractivity contribution in [3.05, 3.63) is 48.3 Å². The zero-order chi connectivity index (χ0) is 17.6. The zero-order valence-corrected chi connectivity index (χ0v) is 14.8. The van der Waals surface area contributed by atoms with Gasteiger partial charge in [0.2, 0.25) is 5.95 Å². The van der Waals surface area contributed by atoms with Crippen LogP contribution in [0.3, 0.4) is 0 Å². The van der Waals surface area contributed by atoms with Crippen LogP contribution >= 0.6 is 0 Å². The van der Waals surface area contributed by atoms with E-state index in [-0.39, 0.29) is 5.91 Å². The molecule has 1 fully saturated rings. The second kappa shape index (κ2) is 7.96. The molecule has 0 saturated carbocycles. The average molecular weight is 340 g/mol. The molecule has 6 nitrogen and oxygen atoms in total. The predicted molar refractivity (Wildman–Crippen MR) is 96.7 cm³/mol. The molecule has 1 amide bonds. The predicted octanol–water partition coefficient (Wildman–Crippen LogP) is 2.29. The Bertz CT molecular complexity index is 700. The summed E-state index contributed by atoms with van der Waals surface area (Å²) in [5, 5.41) is 0. The summed E-state index contributed by atoms with van der Waals surface area (Å²) in [5.74, 6) is 1.55. The van der Waals surface area contributed by atoms with Crippen molar-refractivity contribution in [3.8, 4) is 5.75 Å². The van der Waals surface area contributed by atoms with Crippen LogP contribution in [0.2, 0.25) is 0 Å². The second-order valence-corrected chi connectivity index (χ2v) is 6.14. The molecular formula is C19H24N4O2. The summed E-state index contributed by atoms with van der Waals surface area (Å²) in [6.45, 7) is 6.75. The van der Waals surface area contributed by atoms with Gasteiger partial charge in [-0.1, -0.05) is 25.1 Å². The first-order valence-corrected chi connectivity index (χ1v) is 8.72. The van der Waals surface area contributed by atoms with Gasteiger partial charge in [-0.15, -0.1) is 0 Å². The van der Waals surface area contributed by atoms with Crippen LogP contribution in [0.5, 0.6) is 5.75 Å². The number of piperazine rings is 1. The molecule has 1 atom stereocenters. The van der Waals surface area contributed by atoms with Gasteiger partial charge in [-0.3, -0.25) is 4.79 Å². The Hall–Kier alpha value is -2.63. The molecule has 132 valence electrons. The van der Waals surface area contributed by atoms with E-state index in [1.54, 1.807) is 18.5 Å². The third kappa shape index (κ3) is 4.07. The molecule has 0 spiro atoms. The lowest BCUT2D eigenvalue weighted by Crippen LogP contribution is -2.52. The topological polar surface area (TPSA) is 58.6 Å². The van der Waals surface area contributed by atoms with E-state index in [1.807, 2.05) is 43.0 Å². The van der Waals surface area contributed by atoms with Gasteiger partial charge >= 0.3 is 0 Å². The van der Waals surface area contributed by atoms with Crippen molar-refractivity contribution in [3.63, 3.8) is 0 Å². The molecule has 25 heavy (non-hydrogen) atoms. The van der Waals surface area contributed by atoms with Gasteiger partial charge in [0, 0.05) is 38.6 Å². The molecule has 1 aromatic carbocycles. The fraction of sp³-hybridized carbons (Fsp3) is 0.421. The highest BCUT2D eigenvalue weighted by Gasteiger charge is 2.28. The maximum atomic E-state index is 12.8. The molecule has 6 heteroatoms. The first-order valence-electron chi connectivity index (χ1n) is 8.72. The van der Waals surface area contributed by atoms with E-state index in [9.17, 15) is 4.79 Å². The highest BCUT2D eigenvalue weighted by molar-refractivity contribution is 5.81. The minimum absolute atomic E-state index is 0.0550. The molecule has 0 N–H and O–H groups in total. The molecule has 0 unspecified atom stereocenters. The molecule has 3 rings (SSSR count). The van der Waals surface area contributed by atoms with E-state index in [2.05, 4.69) is 14.9 Å². The van der Waals surface area contributed by atoms with E-state index in [4.69, 9.17) is 4.74 Å². The lowest BCUT2D eigenvalue weighted by atomic mass is 10.2. The number of para-hydroxylation sites is 1. The Kier molecular flexibility index (Phi) is 5.48. The molecule has 0 bridgehead atoms. The van der Waals surface area contributed by atoms with Gasteiger partial charge in [-0.25, -0.2) is 9.97 Å². The normalized spacial score (nSPS) is 15.8. The Morgan fingerprint density at radius 3 is 2.44 bits per heavy atom. The van der Waals surface area contributed by atoms with Crippen molar-refractivity contribution in [2.45, 2.75) is 26.4 Å². The van der Waals surface area contributed by atoms with Crippen LogP contribution < -0.4 is 9.64 Å². The Balaban J connectivity index is 1.60. The number of hydrogen-bond donors (Lipinski definition) is 0. The SMILES string of the molecule is CC[C@@H](Oc1ccccc1C)C(=O)N1CCN(c2ncccn2)CC1. The first kappa shape index (κ1) is 17.2. The molecule has 1 aliphatic heterocycles. The fourth-order valence-corrected chi connectivity index (χ4v) is 2.94. The van der Waals surface area contributed by atoms with Crippen molar-refractivity contribution in [1.29, 1.82) is 0 Å². The molecule has 0 aliphatic carbocycles. The number of carbonyl (C=O) groups is 1. The van der Waals surface area contributed by atoms with Crippen molar-refractivity contribution in [2.24, 2.45) is 0 Å². The summed E-state index contributed by atoms with van der Waals surface area (Å²) < 4.78 is 5.99.